The average molecular weight is 382 g/mol. The summed E-state index contributed by atoms with van der Waals surface area (Å²) in [5.41, 5.74) is 1.54. The molecular weight excluding hydrogens is 361 g/mol. The molecule has 0 unspecified atom stereocenters. The number of rotatable bonds is 6. The van der Waals surface area contributed by atoms with E-state index < -0.39 is 12.8 Å². The number of Topliss-reactive ketones (excluding diaryl/α,β-unsaturated/α-hetero) is 1. The quantitative estimate of drug-likeness (QED) is 0.672. The highest BCUT2D eigenvalue weighted by Crippen LogP contribution is 2.37. The molecule has 27 heavy (non-hydrogen) atoms. The van der Waals surface area contributed by atoms with Crippen LogP contribution in [0.25, 0.3) is 0 Å². The molecule has 0 N–H and O–H groups in total. The lowest BCUT2D eigenvalue weighted by Gasteiger charge is -2.24. The zero-order chi connectivity index (χ0) is 19.4. The van der Waals surface area contributed by atoms with Crippen LogP contribution in [0.4, 0.5) is 13.2 Å². The van der Waals surface area contributed by atoms with Crippen molar-refractivity contribution in [2.45, 2.75) is 57.5 Å². The van der Waals surface area contributed by atoms with Crippen LogP contribution >= 0.6 is 0 Å². The van der Waals surface area contributed by atoms with Gasteiger partial charge in [-0.05, 0) is 37.3 Å². The van der Waals surface area contributed by atoms with E-state index in [-0.39, 0.29) is 29.7 Å². The summed E-state index contributed by atoms with van der Waals surface area (Å²) in [5, 5.41) is 0. The molecule has 1 fully saturated rings. The average Bonchev–Trinajstić information content (AvgIpc) is 3.06. The molecular formula is C19H21F3N2O3. The van der Waals surface area contributed by atoms with Gasteiger partial charge in [-0.3, -0.25) is 4.79 Å². The Morgan fingerprint density at radius 3 is 2.63 bits per heavy atom. The summed E-state index contributed by atoms with van der Waals surface area (Å²) >= 11 is 0. The van der Waals surface area contributed by atoms with Gasteiger partial charge in [0.2, 0.25) is 5.88 Å². The predicted molar refractivity (Wildman–Crippen MR) is 90.9 cm³/mol. The summed E-state index contributed by atoms with van der Waals surface area (Å²) in [7, 11) is 0. The Morgan fingerprint density at radius 1 is 1.26 bits per heavy atom. The fourth-order valence-corrected chi connectivity index (χ4v) is 3.43. The standard InChI is InChI=1S/C19H21F3N2O3/c1-12-17(24-11-27-12)16(25)8-13-7-15(14-5-3-2-4-6-14)18(23-9-13)26-10-19(20,21)22/h7,9,11,14H,2-6,8,10H2,1H3. The smallest absolute Gasteiger partial charge is 0.422 e. The van der Waals surface area contributed by atoms with Gasteiger partial charge in [-0.2, -0.15) is 13.2 Å². The normalized spacial score (nSPS) is 15.7. The van der Waals surface area contributed by atoms with Gasteiger partial charge in [-0.25, -0.2) is 9.97 Å². The van der Waals surface area contributed by atoms with Crippen LogP contribution in [0, 0.1) is 6.92 Å². The predicted octanol–water partition coefficient (Wildman–Crippen LogP) is 4.79. The van der Waals surface area contributed by atoms with E-state index in [1.807, 2.05) is 0 Å². The molecule has 0 aromatic carbocycles. The van der Waals surface area contributed by atoms with Crippen LogP contribution in [0.2, 0.25) is 0 Å². The molecule has 3 rings (SSSR count). The molecule has 5 nitrogen and oxygen atoms in total. The second-order valence-corrected chi connectivity index (χ2v) is 6.83. The van der Waals surface area contributed by atoms with Crippen molar-refractivity contribution < 1.29 is 27.1 Å². The number of carbonyl (C=O) groups excluding carboxylic acids is 1. The number of ketones is 1. The van der Waals surface area contributed by atoms with Crippen molar-refractivity contribution in [3.63, 3.8) is 0 Å². The number of ether oxygens (including phenoxy) is 1. The SMILES string of the molecule is Cc1ocnc1C(=O)Cc1cnc(OCC(F)(F)F)c(C2CCCCC2)c1. The highest BCUT2D eigenvalue weighted by Gasteiger charge is 2.30. The Balaban J connectivity index is 1.83. The molecule has 0 aliphatic heterocycles. The highest BCUT2D eigenvalue weighted by molar-refractivity contribution is 5.96. The molecule has 2 aromatic heterocycles. The summed E-state index contributed by atoms with van der Waals surface area (Å²) in [4.78, 5) is 20.4. The zero-order valence-corrected chi connectivity index (χ0v) is 15.0. The van der Waals surface area contributed by atoms with Crippen molar-refractivity contribution in [3.8, 4) is 5.88 Å². The molecule has 0 radical (unpaired) electrons. The minimum atomic E-state index is -4.43. The van der Waals surface area contributed by atoms with Gasteiger partial charge in [0.05, 0.1) is 0 Å². The Labute approximate surface area is 155 Å². The summed E-state index contributed by atoms with van der Waals surface area (Å²) in [6, 6.07) is 1.75. The fourth-order valence-electron chi connectivity index (χ4n) is 3.43. The topological polar surface area (TPSA) is 65.2 Å². The van der Waals surface area contributed by atoms with E-state index in [4.69, 9.17) is 9.15 Å². The van der Waals surface area contributed by atoms with Gasteiger partial charge in [0, 0.05) is 18.2 Å². The van der Waals surface area contributed by atoms with Gasteiger partial charge in [-0.15, -0.1) is 0 Å². The molecule has 8 heteroatoms. The van der Waals surface area contributed by atoms with E-state index in [0.717, 1.165) is 32.1 Å². The van der Waals surface area contributed by atoms with Gasteiger partial charge < -0.3 is 9.15 Å². The molecule has 146 valence electrons. The van der Waals surface area contributed by atoms with Gasteiger partial charge >= 0.3 is 6.18 Å². The van der Waals surface area contributed by atoms with Crippen molar-refractivity contribution in [2.24, 2.45) is 0 Å². The first-order chi connectivity index (χ1) is 12.8. The zero-order valence-electron chi connectivity index (χ0n) is 15.0. The Hall–Kier alpha value is -2.38. The van der Waals surface area contributed by atoms with Gasteiger partial charge in [0.15, 0.2) is 18.8 Å². The summed E-state index contributed by atoms with van der Waals surface area (Å²) in [6.07, 6.45) is 3.15. The first-order valence-corrected chi connectivity index (χ1v) is 8.95. The molecule has 0 bridgehead atoms. The Morgan fingerprint density at radius 2 is 2.00 bits per heavy atom. The second kappa shape index (κ2) is 8.10. The molecule has 0 amide bonds. The summed E-state index contributed by atoms with van der Waals surface area (Å²) in [6.45, 7) is 0.274. The first kappa shape index (κ1) is 19.4. The van der Waals surface area contributed by atoms with E-state index in [1.54, 1.807) is 13.0 Å². The van der Waals surface area contributed by atoms with Crippen molar-refractivity contribution >= 4 is 5.78 Å². The highest BCUT2D eigenvalue weighted by atomic mass is 19.4. The van der Waals surface area contributed by atoms with Crippen LogP contribution in [0.3, 0.4) is 0 Å². The van der Waals surface area contributed by atoms with Crippen LogP contribution in [-0.4, -0.2) is 28.5 Å². The van der Waals surface area contributed by atoms with Crippen LogP contribution in [0.1, 0.15) is 65.4 Å². The van der Waals surface area contributed by atoms with E-state index in [0.29, 0.717) is 16.9 Å². The number of aromatic nitrogens is 2. The lowest BCUT2D eigenvalue weighted by molar-refractivity contribution is -0.154. The third-order valence-electron chi connectivity index (χ3n) is 4.73. The molecule has 1 aliphatic rings. The number of oxazole rings is 1. The maximum Gasteiger partial charge on any atom is 0.422 e. The fraction of sp³-hybridized carbons (Fsp3) is 0.526. The number of carbonyl (C=O) groups is 1. The number of alkyl halides is 3. The Kier molecular flexibility index (Phi) is 5.82. The molecule has 0 saturated heterocycles. The third-order valence-corrected chi connectivity index (χ3v) is 4.73. The van der Waals surface area contributed by atoms with Crippen LogP contribution in [-0.2, 0) is 6.42 Å². The van der Waals surface area contributed by atoms with Crippen molar-refractivity contribution in [3.05, 3.63) is 41.2 Å². The van der Waals surface area contributed by atoms with Gasteiger partial charge in [0.25, 0.3) is 0 Å². The van der Waals surface area contributed by atoms with E-state index in [1.165, 1.54) is 12.6 Å². The van der Waals surface area contributed by atoms with Crippen LogP contribution in [0.5, 0.6) is 5.88 Å². The molecule has 0 spiro atoms. The summed E-state index contributed by atoms with van der Waals surface area (Å²) in [5.74, 6) is 0.318. The van der Waals surface area contributed by atoms with Crippen LogP contribution < -0.4 is 4.74 Å². The number of pyridine rings is 1. The molecule has 2 aromatic rings. The van der Waals surface area contributed by atoms with E-state index in [2.05, 4.69) is 9.97 Å². The Bertz CT molecular complexity index is 796. The maximum absolute atomic E-state index is 12.5. The largest absolute Gasteiger partial charge is 0.468 e. The minimum absolute atomic E-state index is 0.00745. The molecule has 1 saturated carbocycles. The van der Waals surface area contributed by atoms with Gasteiger partial charge in [0.1, 0.15) is 11.5 Å². The monoisotopic (exact) mass is 382 g/mol. The van der Waals surface area contributed by atoms with Gasteiger partial charge in [-0.1, -0.05) is 19.3 Å². The number of nitrogens with zero attached hydrogens (tertiary/aromatic N) is 2. The van der Waals surface area contributed by atoms with E-state index in [9.17, 15) is 18.0 Å². The van der Waals surface area contributed by atoms with E-state index >= 15 is 0 Å². The minimum Gasteiger partial charge on any atom is -0.468 e. The number of aryl methyl sites for hydroxylation is 1. The molecule has 0 atom stereocenters. The number of hydrogen-bond acceptors (Lipinski definition) is 5. The van der Waals surface area contributed by atoms with Crippen molar-refractivity contribution in [1.82, 2.24) is 9.97 Å². The van der Waals surface area contributed by atoms with Crippen molar-refractivity contribution in [1.29, 1.82) is 0 Å². The maximum atomic E-state index is 12.5. The second-order valence-electron chi connectivity index (χ2n) is 6.83. The van der Waals surface area contributed by atoms with Crippen molar-refractivity contribution in [2.75, 3.05) is 6.61 Å². The number of halogens is 3. The lowest BCUT2D eigenvalue weighted by Crippen LogP contribution is -2.21. The lowest BCUT2D eigenvalue weighted by atomic mass is 9.84. The first-order valence-electron chi connectivity index (χ1n) is 8.95. The third kappa shape index (κ3) is 5.08. The van der Waals surface area contributed by atoms with Crippen LogP contribution in [0.15, 0.2) is 23.1 Å². The number of hydrogen-bond donors (Lipinski definition) is 0. The molecule has 2 heterocycles. The summed E-state index contributed by atoms with van der Waals surface area (Å²) < 4.78 is 47.7. The molecule has 1 aliphatic carbocycles.